The highest BCUT2D eigenvalue weighted by Gasteiger charge is 2.28. The van der Waals surface area contributed by atoms with Gasteiger partial charge in [-0.1, -0.05) is 24.3 Å². The van der Waals surface area contributed by atoms with Crippen LogP contribution in [0.15, 0.2) is 65.5 Å². The van der Waals surface area contributed by atoms with Crippen LogP contribution in [-0.4, -0.2) is 37.7 Å². The summed E-state index contributed by atoms with van der Waals surface area (Å²) < 4.78 is 3.18. The van der Waals surface area contributed by atoms with Crippen molar-refractivity contribution in [1.82, 2.24) is 19.3 Å². The lowest BCUT2D eigenvalue weighted by Crippen LogP contribution is -2.32. The van der Waals surface area contributed by atoms with Crippen molar-refractivity contribution in [2.45, 2.75) is 26.4 Å². The molecule has 2 amide bonds. The van der Waals surface area contributed by atoms with Crippen molar-refractivity contribution >= 4 is 34.5 Å². The van der Waals surface area contributed by atoms with Crippen LogP contribution < -0.4 is 15.8 Å². The van der Waals surface area contributed by atoms with Crippen molar-refractivity contribution in [2.24, 2.45) is 0 Å². The van der Waals surface area contributed by atoms with Gasteiger partial charge in [-0.2, -0.15) is 5.10 Å². The number of carbonyl (C=O) groups is 2. The standard InChI is InChI=1S/C24H22N6O3/c1-16-5-4-6-17(15-16)25-23(33)19-9-10-22(32)30(27-19)12-11-21(31)29-14-13-28-20-8-3-2-7-18(20)26-24(28)29/h2-10,15H,11-14H2,1H3,(H,25,33). The number of amides is 2. The average molecular weight is 442 g/mol. The van der Waals surface area contributed by atoms with E-state index in [1.807, 2.05) is 54.0 Å². The third-order valence-corrected chi connectivity index (χ3v) is 5.64. The van der Waals surface area contributed by atoms with E-state index in [1.54, 1.807) is 11.0 Å². The zero-order valence-electron chi connectivity index (χ0n) is 18.1. The number of nitrogens with one attached hydrogen (secondary N) is 1. The molecule has 166 valence electrons. The fourth-order valence-corrected chi connectivity index (χ4v) is 4.01. The van der Waals surface area contributed by atoms with Crippen LogP contribution in [0.4, 0.5) is 11.6 Å². The molecule has 9 heteroatoms. The van der Waals surface area contributed by atoms with E-state index < -0.39 is 5.91 Å². The Labute approximate surface area is 189 Å². The zero-order chi connectivity index (χ0) is 22.9. The van der Waals surface area contributed by atoms with Gasteiger partial charge in [0.1, 0.15) is 5.69 Å². The Balaban J connectivity index is 1.29. The topological polar surface area (TPSA) is 102 Å². The normalized spacial score (nSPS) is 12.7. The molecule has 2 aromatic heterocycles. The number of imidazole rings is 1. The summed E-state index contributed by atoms with van der Waals surface area (Å²) in [6.07, 6.45) is 0.0685. The van der Waals surface area contributed by atoms with E-state index in [1.165, 1.54) is 12.1 Å². The molecular formula is C24H22N6O3. The molecule has 1 aliphatic rings. The van der Waals surface area contributed by atoms with Crippen LogP contribution in [0.5, 0.6) is 0 Å². The van der Waals surface area contributed by atoms with Gasteiger partial charge in [0.05, 0.1) is 17.6 Å². The molecule has 0 unspecified atom stereocenters. The van der Waals surface area contributed by atoms with Crippen molar-refractivity contribution in [3.05, 3.63) is 82.3 Å². The van der Waals surface area contributed by atoms with Gasteiger partial charge in [0.25, 0.3) is 11.5 Å². The number of para-hydroxylation sites is 2. The maximum Gasteiger partial charge on any atom is 0.276 e. The van der Waals surface area contributed by atoms with E-state index in [-0.39, 0.29) is 30.1 Å². The van der Waals surface area contributed by atoms with Gasteiger partial charge in [0, 0.05) is 31.3 Å². The third kappa shape index (κ3) is 4.00. The van der Waals surface area contributed by atoms with Gasteiger partial charge in [-0.15, -0.1) is 0 Å². The molecule has 0 spiro atoms. The fourth-order valence-electron chi connectivity index (χ4n) is 4.01. The van der Waals surface area contributed by atoms with Gasteiger partial charge in [-0.25, -0.2) is 9.67 Å². The minimum atomic E-state index is -0.422. The second-order valence-electron chi connectivity index (χ2n) is 7.95. The summed E-state index contributed by atoms with van der Waals surface area (Å²) in [6, 6.07) is 17.8. The van der Waals surface area contributed by atoms with Crippen molar-refractivity contribution in [3.8, 4) is 0 Å². The van der Waals surface area contributed by atoms with Crippen molar-refractivity contribution in [1.29, 1.82) is 0 Å². The van der Waals surface area contributed by atoms with Gasteiger partial charge in [0.15, 0.2) is 0 Å². The number of hydrogen-bond acceptors (Lipinski definition) is 5. The smallest absolute Gasteiger partial charge is 0.276 e. The average Bonchev–Trinajstić information content (AvgIpc) is 3.37. The second kappa shape index (κ2) is 8.34. The van der Waals surface area contributed by atoms with Gasteiger partial charge in [0.2, 0.25) is 11.9 Å². The number of aromatic nitrogens is 4. The van der Waals surface area contributed by atoms with Gasteiger partial charge < -0.3 is 9.88 Å². The summed E-state index contributed by atoms with van der Waals surface area (Å²) in [4.78, 5) is 44.0. The lowest BCUT2D eigenvalue weighted by molar-refractivity contribution is -0.118. The monoisotopic (exact) mass is 442 g/mol. The minimum absolute atomic E-state index is 0.0685. The summed E-state index contributed by atoms with van der Waals surface area (Å²) in [5.74, 6) is 0.0501. The molecule has 0 radical (unpaired) electrons. The molecule has 0 saturated carbocycles. The Morgan fingerprint density at radius 2 is 1.88 bits per heavy atom. The molecule has 5 rings (SSSR count). The van der Waals surface area contributed by atoms with Gasteiger partial charge in [-0.05, 0) is 42.8 Å². The van der Waals surface area contributed by atoms with E-state index >= 15 is 0 Å². The Bertz CT molecular complexity index is 1440. The highest BCUT2D eigenvalue weighted by atomic mass is 16.2. The van der Waals surface area contributed by atoms with E-state index in [4.69, 9.17) is 0 Å². The molecule has 3 heterocycles. The number of aryl methyl sites for hydroxylation is 2. The number of anilines is 2. The van der Waals surface area contributed by atoms with E-state index in [0.29, 0.717) is 24.7 Å². The van der Waals surface area contributed by atoms with Crippen LogP contribution in [0.3, 0.4) is 0 Å². The predicted molar refractivity (Wildman–Crippen MR) is 124 cm³/mol. The largest absolute Gasteiger partial charge is 0.321 e. The maximum atomic E-state index is 12.9. The summed E-state index contributed by atoms with van der Waals surface area (Å²) >= 11 is 0. The first-order valence-corrected chi connectivity index (χ1v) is 10.7. The first kappa shape index (κ1) is 20.6. The molecule has 0 aliphatic carbocycles. The molecule has 0 fully saturated rings. The Hall–Kier alpha value is -4.27. The van der Waals surface area contributed by atoms with Crippen LogP contribution in [-0.2, 0) is 17.9 Å². The maximum absolute atomic E-state index is 12.9. The first-order chi connectivity index (χ1) is 16.0. The molecule has 0 saturated heterocycles. The number of fused-ring (bicyclic) bond motifs is 3. The van der Waals surface area contributed by atoms with Crippen LogP contribution >= 0.6 is 0 Å². The molecule has 0 atom stereocenters. The van der Waals surface area contributed by atoms with Crippen LogP contribution in [0.25, 0.3) is 11.0 Å². The number of hydrogen-bond donors (Lipinski definition) is 1. The molecule has 1 aliphatic heterocycles. The minimum Gasteiger partial charge on any atom is -0.321 e. The first-order valence-electron chi connectivity index (χ1n) is 10.7. The Kier molecular flexibility index (Phi) is 5.21. The highest BCUT2D eigenvalue weighted by Crippen LogP contribution is 2.27. The van der Waals surface area contributed by atoms with Crippen LogP contribution in [0.1, 0.15) is 22.5 Å². The fraction of sp³-hybridized carbons (Fsp3) is 0.208. The molecule has 9 nitrogen and oxygen atoms in total. The number of rotatable bonds is 5. The van der Waals surface area contributed by atoms with E-state index in [0.717, 1.165) is 21.3 Å². The Morgan fingerprint density at radius 3 is 2.73 bits per heavy atom. The molecule has 4 aromatic rings. The summed E-state index contributed by atoms with van der Waals surface area (Å²) in [6.45, 7) is 3.21. The number of benzene rings is 2. The van der Waals surface area contributed by atoms with Gasteiger partial charge in [-0.3, -0.25) is 19.3 Å². The van der Waals surface area contributed by atoms with Crippen LogP contribution in [0, 0.1) is 6.92 Å². The summed E-state index contributed by atoms with van der Waals surface area (Å²) in [7, 11) is 0. The lowest BCUT2D eigenvalue weighted by Gasteiger charge is -2.14. The second-order valence-corrected chi connectivity index (χ2v) is 7.95. The molecule has 2 aromatic carbocycles. The lowest BCUT2D eigenvalue weighted by atomic mass is 10.2. The SMILES string of the molecule is Cc1cccc(NC(=O)c2ccc(=O)n(CCC(=O)N3CCn4c3nc3ccccc34)n2)c1. The number of carbonyl (C=O) groups excluding carboxylic acids is 2. The zero-order valence-corrected chi connectivity index (χ0v) is 18.1. The predicted octanol–water partition coefficient (Wildman–Crippen LogP) is 2.59. The quantitative estimate of drug-likeness (QED) is 0.512. The molecule has 1 N–H and O–H groups in total. The van der Waals surface area contributed by atoms with Crippen LogP contribution in [0.2, 0.25) is 0 Å². The van der Waals surface area contributed by atoms with Crippen molar-refractivity contribution in [3.63, 3.8) is 0 Å². The van der Waals surface area contributed by atoms with Gasteiger partial charge >= 0.3 is 0 Å². The Morgan fingerprint density at radius 1 is 1.03 bits per heavy atom. The van der Waals surface area contributed by atoms with E-state index in [2.05, 4.69) is 15.4 Å². The third-order valence-electron chi connectivity index (χ3n) is 5.64. The summed E-state index contributed by atoms with van der Waals surface area (Å²) in [5.41, 5.74) is 3.23. The van der Waals surface area contributed by atoms with Crippen molar-refractivity contribution < 1.29 is 9.59 Å². The number of nitrogens with zero attached hydrogens (tertiary/aromatic N) is 5. The van der Waals surface area contributed by atoms with E-state index in [9.17, 15) is 14.4 Å². The molecule has 0 bridgehead atoms. The molecular weight excluding hydrogens is 420 g/mol. The van der Waals surface area contributed by atoms with Crippen molar-refractivity contribution in [2.75, 3.05) is 16.8 Å². The molecule has 33 heavy (non-hydrogen) atoms. The highest BCUT2D eigenvalue weighted by molar-refractivity contribution is 6.02. The summed E-state index contributed by atoms with van der Waals surface area (Å²) in [5, 5.41) is 6.95.